The summed E-state index contributed by atoms with van der Waals surface area (Å²) in [6, 6.07) is 6.04. The maximum atomic E-state index is 10.9. The summed E-state index contributed by atoms with van der Waals surface area (Å²) in [5, 5.41) is 8.94. The van der Waals surface area contributed by atoms with Crippen molar-refractivity contribution in [2.75, 3.05) is 0 Å². The van der Waals surface area contributed by atoms with Crippen molar-refractivity contribution in [1.29, 1.82) is 0 Å². The number of hydrogen-bond acceptors (Lipinski definition) is 2. The normalized spacial score (nSPS) is 28.9. The molecule has 1 fully saturated rings. The molecule has 1 aliphatic rings. The summed E-state index contributed by atoms with van der Waals surface area (Å²) < 4.78 is 0. The maximum absolute atomic E-state index is 10.9. The van der Waals surface area contributed by atoms with Crippen molar-refractivity contribution in [3.8, 4) is 0 Å². The summed E-state index contributed by atoms with van der Waals surface area (Å²) in [6.45, 7) is 4.07. The van der Waals surface area contributed by atoms with Crippen molar-refractivity contribution in [3.63, 3.8) is 0 Å². The van der Waals surface area contributed by atoms with Crippen LogP contribution in [0.25, 0.3) is 0 Å². The van der Waals surface area contributed by atoms with Gasteiger partial charge in [0.25, 0.3) is 0 Å². The highest BCUT2D eigenvalue weighted by molar-refractivity contribution is 5.84. The summed E-state index contributed by atoms with van der Waals surface area (Å²) in [6.07, 6.45) is 0.546. The van der Waals surface area contributed by atoms with E-state index in [0.717, 1.165) is 5.56 Å². The van der Waals surface area contributed by atoms with E-state index in [9.17, 15) is 4.79 Å². The molecule has 0 saturated heterocycles. The average molecular weight is 205 g/mol. The third kappa shape index (κ3) is 1.53. The van der Waals surface area contributed by atoms with Crippen molar-refractivity contribution in [3.05, 3.63) is 34.9 Å². The molecule has 1 saturated carbocycles. The quantitative estimate of drug-likeness (QED) is 0.770. The molecule has 1 aromatic rings. The van der Waals surface area contributed by atoms with Crippen LogP contribution in [0.5, 0.6) is 0 Å². The second-order valence-corrected chi connectivity index (χ2v) is 4.45. The second kappa shape index (κ2) is 3.07. The van der Waals surface area contributed by atoms with Gasteiger partial charge in [0.1, 0.15) is 5.54 Å². The Morgan fingerprint density at radius 3 is 2.60 bits per heavy atom. The maximum Gasteiger partial charge on any atom is 0.324 e. The molecule has 80 valence electrons. The molecule has 0 spiro atoms. The largest absolute Gasteiger partial charge is 0.480 e. The third-order valence-electron chi connectivity index (χ3n) is 3.34. The lowest BCUT2D eigenvalue weighted by Gasteiger charge is -2.07. The Kier molecular flexibility index (Phi) is 2.08. The fourth-order valence-electron chi connectivity index (χ4n) is 1.91. The first-order valence-electron chi connectivity index (χ1n) is 5.04. The van der Waals surface area contributed by atoms with Gasteiger partial charge in [-0.25, -0.2) is 0 Å². The Bertz CT molecular complexity index is 428. The van der Waals surface area contributed by atoms with Crippen LogP contribution >= 0.6 is 0 Å². The van der Waals surface area contributed by atoms with E-state index in [1.54, 1.807) is 0 Å². The molecule has 1 aromatic carbocycles. The Labute approximate surface area is 88.9 Å². The van der Waals surface area contributed by atoms with E-state index in [1.807, 2.05) is 32.0 Å². The number of hydrogen-bond donors (Lipinski definition) is 2. The van der Waals surface area contributed by atoms with Gasteiger partial charge in [0, 0.05) is 5.92 Å². The minimum absolute atomic E-state index is 0.0192. The van der Waals surface area contributed by atoms with Gasteiger partial charge in [-0.3, -0.25) is 4.79 Å². The van der Waals surface area contributed by atoms with E-state index in [0.29, 0.717) is 6.42 Å². The molecule has 0 radical (unpaired) electrons. The molecule has 0 aromatic heterocycles. The minimum atomic E-state index is -1.03. The first kappa shape index (κ1) is 10.2. The highest BCUT2D eigenvalue weighted by Crippen LogP contribution is 2.49. The highest BCUT2D eigenvalue weighted by atomic mass is 16.4. The fraction of sp³-hybridized carbons (Fsp3) is 0.417. The Balaban J connectivity index is 2.27. The predicted octanol–water partition coefficient (Wildman–Crippen LogP) is 1.57. The summed E-state index contributed by atoms with van der Waals surface area (Å²) in [4.78, 5) is 10.9. The van der Waals surface area contributed by atoms with Gasteiger partial charge >= 0.3 is 5.97 Å². The van der Waals surface area contributed by atoms with Crippen LogP contribution in [-0.4, -0.2) is 16.6 Å². The standard InChI is InChI=1S/C12H15NO2/c1-7-3-4-9(5-8(7)2)10-6-12(10,13)11(14)15/h3-5,10H,6,13H2,1-2H3,(H,14,15)/t10-,12-/m0/s1. The number of carbonyl (C=O) groups is 1. The van der Waals surface area contributed by atoms with Gasteiger partial charge in [-0.15, -0.1) is 0 Å². The zero-order valence-corrected chi connectivity index (χ0v) is 8.95. The monoisotopic (exact) mass is 205 g/mol. The van der Waals surface area contributed by atoms with E-state index in [4.69, 9.17) is 10.8 Å². The van der Waals surface area contributed by atoms with Crippen LogP contribution in [0.1, 0.15) is 29.0 Å². The van der Waals surface area contributed by atoms with E-state index in [1.165, 1.54) is 11.1 Å². The Hall–Kier alpha value is -1.35. The van der Waals surface area contributed by atoms with Crippen LogP contribution < -0.4 is 5.73 Å². The summed E-state index contributed by atoms with van der Waals surface area (Å²) in [7, 11) is 0. The summed E-state index contributed by atoms with van der Waals surface area (Å²) in [5.74, 6) is -0.917. The van der Waals surface area contributed by atoms with Crippen LogP contribution in [0.3, 0.4) is 0 Å². The average Bonchev–Trinajstić information content (AvgIpc) is 2.85. The van der Waals surface area contributed by atoms with Crippen molar-refractivity contribution >= 4 is 5.97 Å². The van der Waals surface area contributed by atoms with Gasteiger partial charge in [-0.05, 0) is 37.0 Å². The molecular weight excluding hydrogens is 190 g/mol. The molecule has 0 aliphatic heterocycles. The first-order chi connectivity index (χ1) is 6.95. The molecule has 2 rings (SSSR count). The lowest BCUT2D eigenvalue weighted by Crippen LogP contribution is -2.34. The van der Waals surface area contributed by atoms with E-state index < -0.39 is 11.5 Å². The summed E-state index contributed by atoms with van der Waals surface area (Å²) in [5.41, 5.74) is 8.18. The molecule has 3 N–H and O–H groups in total. The molecule has 15 heavy (non-hydrogen) atoms. The van der Waals surface area contributed by atoms with Crippen LogP contribution in [0.15, 0.2) is 18.2 Å². The molecule has 0 heterocycles. The molecule has 0 amide bonds. The topological polar surface area (TPSA) is 63.3 Å². The van der Waals surface area contributed by atoms with E-state index >= 15 is 0 Å². The molecule has 3 heteroatoms. The lowest BCUT2D eigenvalue weighted by molar-refractivity contribution is -0.139. The van der Waals surface area contributed by atoms with Crippen LogP contribution in [-0.2, 0) is 4.79 Å². The number of nitrogens with two attached hydrogens (primary N) is 1. The van der Waals surface area contributed by atoms with Gasteiger partial charge in [0.15, 0.2) is 0 Å². The summed E-state index contributed by atoms with van der Waals surface area (Å²) >= 11 is 0. The lowest BCUT2D eigenvalue weighted by atomic mass is 10.0. The minimum Gasteiger partial charge on any atom is -0.480 e. The van der Waals surface area contributed by atoms with Gasteiger partial charge in [-0.1, -0.05) is 18.2 Å². The van der Waals surface area contributed by atoms with Crippen molar-refractivity contribution < 1.29 is 9.90 Å². The van der Waals surface area contributed by atoms with E-state index in [2.05, 4.69) is 0 Å². The third-order valence-corrected chi connectivity index (χ3v) is 3.34. The molecule has 0 unspecified atom stereocenters. The fourth-order valence-corrected chi connectivity index (χ4v) is 1.91. The van der Waals surface area contributed by atoms with Gasteiger partial charge in [0.2, 0.25) is 0 Å². The number of carboxylic acid groups (broad SMARTS) is 1. The van der Waals surface area contributed by atoms with Crippen LogP contribution in [0.2, 0.25) is 0 Å². The number of benzene rings is 1. The van der Waals surface area contributed by atoms with Gasteiger partial charge < -0.3 is 10.8 Å². The van der Waals surface area contributed by atoms with Crippen molar-refractivity contribution in [1.82, 2.24) is 0 Å². The van der Waals surface area contributed by atoms with Gasteiger partial charge in [-0.2, -0.15) is 0 Å². The first-order valence-corrected chi connectivity index (χ1v) is 5.04. The molecule has 0 bridgehead atoms. The predicted molar refractivity (Wildman–Crippen MR) is 57.8 cm³/mol. The Morgan fingerprint density at radius 1 is 1.47 bits per heavy atom. The Morgan fingerprint density at radius 2 is 2.13 bits per heavy atom. The van der Waals surface area contributed by atoms with Crippen molar-refractivity contribution in [2.45, 2.75) is 31.7 Å². The highest BCUT2D eigenvalue weighted by Gasteiger charge is 2.58. The number of carboxylic acids is 1. The zero-order chi connectivity index (χ0) is 11.2. The SMILES string of the molecule is Cc1ccc([C@@H]2C[C@@]2(N)C(=O)O)cc1C. The molecule has 2 atom stereocenters. The van der Waals surface area contributed by atoms with Crippen molar-refractivity contribution in [2.24, 2.45) is 5.73 Å². The molecular formula is C12H15NO2. The number of rotatable bonds is 2. The van der Waals surface area contributed by atoms with Crippen LogP contribution in [0, 0.1) is 13.8 Å². The molecule has 3 nitrogen and oxygen atoms in total. The van der Waals surface area contributed by atoms with E-state index in [-0.39, 0.29) is 5.92 Å². The molecule has 1 aliphatic carbocycles. The van der Waals surface area contributed by atoms with Gasteiger partial charge in [0.05, 0.1) is 0 Å². The smallest absolute Gasteiger partial charge is 0.324 e. The number of aryl methyl sites for hydroxylation is 2. The van der Waals surface area contributed by atoms with Crippen LogP contribution in [0.4, 0.5) is 0 Å². The number of aliphatic carboxylic acids is 1. The second-order valence-electron chi connectivity index (χ2n) is 4.45. The zero-order valence-electron chi connectivity index (χ0n) is 8.95.